The molecule has 0 aliphatic rings. The van der Waals surface area contributed by atoms with Crippen molar-refractivity contribution in [3.05, 3.63) is 58.2 Å². The van der Waals surface area contributed by atoms with Crippen molar-refractivity contribution in [2.24, 2.45) is 5.84 Å². The highest BCUT2D eigenvalue weighted by molar-refractivity contribution is 6.30. The van der Waals surface area contributed by atoms with Gasteiger partial charge in [-0.3, -0.25) is 11.3 Å². The van der Waals surface area contributed by atoms with Crippen molar-refractivity contribution in [3.63, 3.8) is 0 Å². The van der Waals surface area contributed by atoms with Crippen molar-refractivity contribution in [2.45, 2.75) is 12.5 Å². The number of nitrogens with two attached hydrogens (primary N) is 2. The van der Waals surface area contributed by atoms with Gasteiger partial charge in [-0.1, -0.05) is 11.6 Å². The summed E-state index contributed by atoms with van der Waals surface area (Å²) < 4.78 is 26.4. The first-order chi connectivity index (χ1) is 9.49. The topological polar surface area (TPSA) is 77.0 Å². The Morgan fingerprint density at radius 1 is 1.20 bits per heavy atom. The van der Waals surface area contributed by atoms with Gasteiger partial charge in [-0.15, -0.1) is 0 Å². The van der Waals surface area contributed by atoms with Crippen LogP contribution in [0.1, 0.15) is 17.2 Å². The number of aromatic nitrogens is 1. The largest absolute Gasteiger partial charge is 0.383 e. The van der Waals surface area contributed by atoms with Crippen molar-refractivity contribution < 1.29 is 8.78 Å². The number of pyridine rings is 1. The van der Waals surface area contributed by atoms with Crippen LogP contribution in [-0.4, -0.2) is 4.98 Å². The monoisotopic (exact) mass is 298 g/mol. The Hall–Kier alpha value is -1.76. The van der Waals surface area contributed by atoms with Gasteiger partial charge < -0.3 is 5.73 Å². The van der Waals surface area contributed by atoms with Gasteiger partial charge in [0.1, 0.15) is 17.5 Å². The number of hydrogen-bond acceptors (Lipinski definition) is 4. The molecule has 1 aromatic carbocycles. The molecule has 0 fully saturated rings. The van der Waals surface area contributed by atoms with E-state index in [1.807, 2.05) is 0 Å². The van der Waals surface area contributed by atoms with Crippen molar-refractivity contribution in [1.29, 1.82) is 0 Å². The second kappa shape index (κ2) is 6.13. The number of halogens is 3. The maximum atomic E-state index is 13.2. The lowest BCUT2D eigenvalue weighted by molar-refractivity contribution is 0.540. The number of rotatable bonds is 4. The Morgan fingerprint density at radius 3 is 2.45 bits per heavy atom. The Balaban J connectivity index is 2.31. The summed E-state index contributed by atoms with van der Waals surface area (Å²) in [6.07, 6.45) is 1.66. The average molecular weight is 299 g/mol. The van der Waals surface area contributed by atoms with Crippen molar-refractivity contribution in [1.82, 2.24) is 10.4 Å². The number of hydrazine groups is 1. The molecule has 20 heavy (non-hydrogen) atoms. The molecular formula is C13H13ClF2N4. The van der Waals surface area contributed by atoms with Crippen molar-refractivity contribution >= 4 is 17.4 Å². The van der Waals surface area contributed by atoms with E-state index in [0.29, 0.717) is 16.1 Å². The molecule has 0 saturated carbocycles. The third-order valence-electron chi connectivity index (χ3n) is 2.85. The quantitative estimate of drug-likeness (QED) is 0.598. The van der Waals surface area contributed by atoms with Gasteiger partial charge in [-0.2, -0.15) is 0 Å². The molecule has 1 unspecified atom stereocenters. The first-order valence-electron chi connectivity index (χ1n) is 5.81. The van der Waals surface area contributed by atoms with Crippen LogP contribution in [0.5, 0.6) is 0 Å². The van der Waals surface area contributed by atoms with Crippen LogP contribution in [0.2, 0.25) is 5.02 Å². The van der Waals surface area contributed by atoms with E-state index in [1.54, 1.807) is 6.07 Å². The molecule has 4 nitrogen and oxygen atoms in total. The van der Waals surface area contributed by atoms with Gasteiger partial charge in [0.25, 0.3) is 0 Å². The molecule has 2 rings (SSSR count). The fourth-order valence-electron chi connectivity index (χ4n) is 1.97. The maximum Gasteiger partial charge on any atom is 0.128 e. The van der Waals surface area contributed by atoms with Crippen LogP contribution in [0.3, 0.4) is 0 Å². The summed E-state index contributed by atoms with van der Waals surface area (Å²) in [5.41, 5.74) is 9.34. The van der Waals surface area contributed by atoms with Gasteiger partial charge in [-0.05, 0) is 30.2 Å². The summed E-state index contributed by atoms with van der Waals surface area (Å²) in [5.74, 6) is 4.45. The van der Waals surface area contributed by atoms with E-state index in [4.69, 9.17) is 23.2 Å². The molecule has 0 aliphatic heterocycles. The highest BCUT2D eigenvalue weighted by atomic mass is 35.5. The van der Waals surface area contributed by atoms with Crippen LogP contribution in [0.4, 0.5) is 14.6 Å². The number of hydrogen-bond donors (Lipinski definition) is 3. The Morgan fingerprint density at radius 2 is 1.85 bits per heavy atom. The van der Waals surface area contributed by atoms with Crippen LogP contribution in [0, 0.1) is 11.6 Å². The van der Waals surface area contributed by atoms with E-state index >= 15 is 0 Å². The fraction of sp³-hybridized carbons (Fsp3) is 0.154. The Kier molecular flexibility index (Phi) is 4.49. The van der Waals surface area contributed by atoms with Gasteiger partial charge in [0.2, 0.25) is 0 Å². The first-order valence-corrected chi connectivity index (χ1v) is 6.19. The van der Waals surface area contributed by atoms with E-state index in [0.717, 1.165) is 6.07 Å². The standard InChI is InChI=1S/C13H13ClF2N4/c14-8-4-11(13(17)19-6-8)12(20-18)3-7-1-9(15)5-10(16)2-7/h1-2,4-6,12,20H,3,18H2,(H2,17,19). The minimum Gasteiger partial charge on any atom is -0.383 e. The number of nitrogens with zero attached hydrogens (tertiary/aromatic N) is 1. The predicted molar refractivity (Wildman–Crippen MR) is 73.8 cm³/mol. The zero-order valence-electron chi connectivity index (χ0n) is 10.4. The van der Waals surface area contributed by atoms with Crippen LogP contribution in [0.15, 0.2) is 30.5 Å². The van der Waals surface area contributed by atoms with E-state index in [-0.39, 0.29) is 12.2 Å². The summed E-state index contributed by atoms with van der Waals surface area (Å²) in [5, 5.41) is 0.403. The first kappa shape index (κ1) is 14.6. The molecule has 2 aromatic rings. The molecule has 1 aromatic heterocycles. The second-order valence-electron chi connectivity index (χ2n) is 4.33. The summed E-state index contributed by atoms with van der Waals surface area (Å²) in [7, 11) is 0. The van der Waals surface area contributed by atoms with Gasteiger partial charge in [0.15, 0.2) is 0 Å². The average Bonchev–Trinajstić information content (AvgIpc) is 2.38. The Labute approximate surface area is 119 Å². The van der Waals surface area contributed by atoms with Gasteiger partial charge in [-0.25, -0.2) is 13.8 Å². The highest BCUT2D eigenvalue weighted by Gasteiger charge is 2.16. The summed E-state index contributed by atoms with van der Waals surface area (Å²) in [6, 6.07) is 4.44. The SMILES string of the molecule is NNC(Cc1cc(F)cc(F)c1)c1cc(Cl)cnc1N. The van der Waals surface area contributed by atoms with Gasteiger partial charge in [0, 0.05) is 17.8 Å². The normalized spacial score (nSPS) is 12.4. The molecule has 0 radical (unpaired) electrons. The molecule has 1 atom stereocenters. The number of anilines is 1. The lowest BCUT2D eigenvalue weighted by atomic mass is 9.99. The van der Waals surface area contributed by atoms with Crippen LogP contribution in [-0.2, 0) is 6.42 Å². The minimum absolute atomic E-state index is 0.247. The van der Waals surface area contributed by atoms with E-state index in [2.05, 4.69) is 10.4 Å². The molecule has 5 N–H and O–H groups in total. The molecule has 0 spiro atoms. The lowest BCUT2D eigenvalue weighted by Crippen LogP contribution is -2.30. The fourth-order valence-corrected chi connectivity index (χ4v) is 2.13. The number of benzene rings is 1. The van der Waals surface area contributed by atoms with E-state index in [1.165, 1.54) is 18.3 Å². The molecule has 0 aliphatic carbocycles. The summed E-state index contributed by atoms with van der Waals surface area (Å²) in [6.45, 7) is 0. The molecule has 0 bridgehead atoms. The number of nitrogens with one attached hydrogen (secondary N) is 1. The minimum atomic E-state index is -0.645. The van der Waals surface area contributed by atoms with E-state index < -0.39 is 17.7 Å². The van der Waals surface area contributed by atoms with Crippen LogP contribution in [0.25, 0.3) is 0 Å². The van der Waals surface area contributed by atoms with Crippen LogP contribution >= 0.6 is 11.6 Å². The zero-order chi connectivity index (χ0) is 14.7. The smallest absolute Gasteiger partial charge is 0.128 e. The van der Waals surface area contributed by atoms with Crippen LogP contribution < -0.4 is 17.0 Å². The molecular weight excluding hydrogens is 286 g/mol. The molecule has 0 saturated heterocycles. The number of nitrogen functional groups attached to an aromatic ring is 1. The molecule has 0 amide bonds. The van der Waals surface area contributed by atoms with Gasteiger partial charge in [0.05, 0.1) is 11.1 Å². The van der Waals surface area contributed by atoms with Crippen molar-refractivity contribution in [3.8, 4) is 0 Å². The third kappa shape index (κ3) is 3.41. The second-order valence-corrected chi connectivity index (χ2v) is 4.77. The van der Waals surface area contributed by atoms with Gasteiger partial charge >= 0.3 is 0 Å². The third-order valence-corrected chi connectivity index (χ3v) is 3.06. The summed E-state index contributed by atoms with van der Waals surface area (Å²) >= 11 is 5.86. The highest BCUT2D eigenvalue weighted by Crippen LogP contribution is 2.25. The molecule has 7 heteroatoms. The van der Waals surface area contributed by atoms with Crippen molar-refractivity contribution in [2.75, 3.05) is 5.73 Å². The Bertz CT molecular complexity index is 601. The summed E-state index contributed by atoms with van der Waals surface area (Å²) in [4.78, 5) is 3.93. The maximum absolute atomic E-state index is 13.2. The van der Waals surface area contributed by atoms with E-state index in [9.17, 15) is 8.78 Å². The lowest BCUT2D eigenvalue weighted by Gasteiger charge is -2.18. The molecule has 1 heterocycles. The predicted octanol–water partition coefficient (Wildman–Crippen LogP) is 2.34. The molecule has 106 valence electrons. The zero-order valence-corrected chi connectivity index (χ0v) is 11.2.